The van der Waals surface area contributed by atoms with Crippen molar-refractivity contribution in [2.45, 2.75) is 13.3 Å². The molecule has 0 bridgehead atoms. The lowest BCUT2D eigenvalue weighted by Crippen LogP contribution is -2.18. The second-order valence-electron chi connectivity index (χ2n) is 2.63. The third-order valence-corrected chi connectivity index (χ3v) is 3.06. The average Bonchev–Trinajstić information content (AvgIpc) is 2.00. The Hall–Kier alpha value is -0.620. The van der Waals surface area contributed by atoms with Crippen LogP contribution < -0.4 is 5.73 Å². The van der Waals surface area contributed by atoms with Crippen LogP contribution in [0, 0.1) is 0 Å². The molecule has 0 aromatic rings. The van der Waals surface area contributed by atoms with Gasteiger partial charge in [0.05, 0.1) is 11.5 Å². The van der Waals surface area contributed by atoms with Crippen molar-refractivity contribution in [3.63, 3.8) is 0 Å². The van der Waals surface area contributed by atoms with E-state index in [1.807, 2.05) is 0 Å². The fraction of sp³-hybridized carbons (Fsp3) is 0.857. The Morgan fingerprint density at radius 2 is 2.00 bits per heavy atom. The Balaban J connectivity index is 3.70. The van der Waals surface area contributed by atoms with Crippen LogP contribution in [0.5, 0.6) is 0 Å². The monoisotopic (exact) mass is 209 g/mol. The Labute approximate surface area is 78.2 Å². The van der Waals surface area contributed by atoms with Crippen LogP contribution in [-0.4, -0.2) is 39.0 Å². The van der Waals surface area contributed by atoms with Crippen LogP contribution in [0.25, 0.3) is 0 Å². The largest absolute Gasteiger partial charge is 0.465 e. The molecule has 2 N–H and O–H groups in total. The molecule has 0 radical (unpaired) electrons. The fourth-order valence-electron chi connectivity index (χ4n) is 0.718. The summed E-state index contributed by atoms with van der Waals surface area (Å²) < 4.78 is 26.8. The van der Waals surface area contributed by atoms with Gasteiger partial charge >= 0.3 is 5.97 Å². The first kappa shape index (κ1) is 12.4. The second kappa shape index (κ2) is 5.93. The Kier molecular flexibility index (Phi) is 5.65. The molecule has 13 heavy (non-hydrogen) atoms. The van der Waals surface area contributed by atoms with Crippen molar-refractivity contribution < 1.29 is 17.9 Å². The number of carbonyl (C=O) groups is 1. The van der Waals surface area contributed by atoms with Crippen molar-refractivity contribution in [3.8, 4) is 0 Å². The molecule has 0 aromatic carbocycles. The normalized spacial score (nSPS) is 11.2. The Bertz CT molecular complexity index is 247. The summed E-state index contributed by atoms with van der Waals surface area (Å²) in [6.07, 6.45) is 0.447. The maximum Gasteiger partial charge on any atom is 0.302 e. The minimum atomic E-state index is -3.10. The molecule has 0 spiro atoms. The second-order valence-corrected chi connectivity index (χ2v) is 4.94. The van der Waals surface area contributed by atoms with Crippen LogP contribution in [0.4, 0.5) is 0 Å². The van der Waals surface area contributed by atoms with Crippen LogP contribution in [0.1, 0.15) is 13.3 Å². The smallest absolute Gasteiger partial charge is 0.302 e. The highest BCUT2D eigenvalue weighted by atomic mass is 32.2. The first-order valence-corrected chi connectivity index (χ1v) is 5.84. The average molecular weight is 209 g/mol. The van der Waals surface area contributed by atoms with E-state index in [2.05, 4.69) is 4.74 Å². The molecule has 0 aliphatic heterocycles. The Morgan fingerprint density at radius 1 is 1.38 bits per heavy atom. The molecule has 0 rings (SSSR count). The predicted octanol–water partition coefficient (Wildman–Crippen LogP) is -0.687. The predicted molar refractivity (Wildman–Crippen MR) is 49.0 cm³/mol. The summed E-state index contributed by atoms with van der Waals surface area (Å²) in [5.41, 5.74) is 5.16. The minimum absolute atomic E-state index is 0.0603. The summed E-state index contributed by atoms with van der Waals surface area (Å²) in [4.78, 5) is 10.3. The highest BCUT2D eigenvalue weighted by molar-refractivity contribution is 7.91. The fourth-order valence-corrected chi connectivity index (χ4v) is 1.87. The first-order chi connectivity index (χ1) is 5.98. The molecule has 78 valence electrons. The van der Waals surface area contributed by atoms with E-state index >= 15 is 0 Å². The summed E-state index contributed by atoms with van der Waals surface area (Å²) >= 11 is 0. The van der Waals surface area contributed by atoms with Crippen molar-refractivity contribution >= 4 is 15.8 Å². The number of nitrogens with two attached hydrogens (primary N) is 1. The maximum absolute atomic E-state index is 11.1. The van der Waals surface area contributed by atoms with Crippen LogP contribution in [0.2, 0.25) is 0 Å². The molecule has 0 aliphatic carbocycles. The van der Waals surface area contributed by atoms with E-state index in [0.717, 1.165) is 0 Å². The molecule has 0 saturated carbocycles. The lowest BCUT2D eigenvalue weighted by atomic mass is 10.5. The third kappa shape index (κ3) is 7.73. The third-order valence-electron chi connectivity index (χ3n) is 1.36. The lowest BCUT2D eigenvalue weighted by molar-refractivity contribution is -0.140. The Morgan fingerprint density at radius 3 is 2.46 bits per heavy atom. The SMILES string of the molecule is CC(=O)OCCS(=O)(=O)CCCN. The van der Waals surface area contributed by atoms with Crippen LogP contribution >= 0.6 is 0 Å². The first-order valence-electron chi connectivity index (χ1n) is 4.02. The molecular weight excluding hydrogens is 194 g/mol. The van der Waals surface area contributed by atoms with Crippen molar-refractivity contribution in [2.75, 3.05) is 24.7 Å². The summed E-state index contributed by atoms with van der Waals surface area (Å²) in [7, 11) is -3.10. The van der Waals surface area contributed by atoms with Gasteiger partial charge in [0.15, 0.2) is 9.84 Å². The van der Waals surface area contributed by atoms with E-state index in [-0.39, 0.29) is 18.1 Å². The van der Waals surface area contributed by atoms with E-state index in [4.69, 9.17) is 5.73 Å². The van der Waals surface area contributed by atoms with Crippen molar-refractivity contribution in [3.05, 3.63) is 0 Å². The number of hydrogen-bond donors (Lipinski definition) is 1. The summed E-state index contributed by atoms with van der Waals surface area (Å²) in [5.74, 6) is -0.522. The van der Waals surface area contributed by atoms with E-state index in [0.29, 0.717) is 13.0 Å². The number of sulfone groups is 1. The van der Waals surface area contributed by atoms with Crippen LogP contribution in [-0.2, 0) is 19.4 Å². The highest BCUT2D eigenvalue weighted by Gasteiger charge is 2.10. The molecule has 0 amide bonds. The van der Waals surface area contributed by atoms with Gasteiger partial charge in [-0.15, -0.1) is 0 Å². The lowest BCUT2D eigenvalue weighted by Gasteiger charge is -2.03. The molecule has 0 atom stereocenters. The quantitative estimate of drug-likeness (QED) is 0.585. The molecule has 0 aromatic heterocycles. The topological polar surface area (TPSA) is 86.5 Å². The zero-order chi connectivity index (χ0) is 10.3. The number of esters is 1. The zero-order valence-electron chi connectivity index (χ0n) is 7.65. The number of rotatable bonds is 6. The van der Waals surface area contributed by atoms with E-state index in [1.165, 1.54) is 6.92 Å². The molecule has 0 unspecified atom stereocenters. The summed E-state index contributed by atoms with van der Waals surface area (Å²) in [6.45, 7) is 1.53. The van der Waals surface area contributed by atoms with Gasteiger partial charge in [-0.25, -0.2) is 8.42 Å². The van der Waals surface area contributed by atoms with Crippen molar-refractivity contribution in [1.29, 1.82) is 0 Å². The van der Waals surface area contributed by atoms with Gasteiger partial charge in [0.1, 0.15) is 6.61 Å². The van der Waals surface area contributed by atoms with Crippen LogP contribution in [0.3, 0.4) is 0 Å². The van der Waals surface area contributed by atoms with Gasteiger partial charge in [-0.05, 0) is 13.0 Å². The van der Waals surface area contributed by atoms with Gasteiger partial charge < -0.3 is 10.5 Å². The summed E-state index contributed by atoms with van der Waals surface area (Å²) in [5, 5.41) is 0. The van der Waals surface area contributed by atoms with E-state index < -0.39 is 15.8 Å². The van der Waals surface area contributed by atoms with Gasteiger partial charge in [-0.3, -0.25) is 4.79 Å². The van der Waals surface area contributed by atoms with Gasteiger partial charge in [-0.1, -0.05) is 0 Å². The van der Waals surface area contributed by atoms with Crippen molar-refractivity contribution in [2.24, 2.45) is 5.73 Å². The van der Waals surface area contributed by atoms with E-state index in [9.17, 15) is 13.2 Å². The van der Waals surface area contributed by atoms with Crippen molar-refractivity contribution in [1.82, 2.24) is 0 Å². The van der Waals surface area contributed by atoms with Gasteiger partial charge in [0, 0.05) is 6.92 Å². The molecule has 6 heteroatoms. The van der Waals surface area contributed by atoms with E-state index in [1.54, 1.807) is 0 Å². The molecule has 0 saturated heterocycles. The van der Waals surface area contributed by atoms with Gasteiger partial charge in [0.25, 0.3) is 0 Å². The number of ether oxygens (including phenoxy) is 1. The van der Waals surface area contributed by atoms with Crippen LogP contribution in [0.15, 0.2) is 0 Å². The maximum atomic E-state index is 11.1. The highest BCUT2D eigenvalue weighted by Crippen LogP contribution is 1.93. The number of hydrogen-bond acceptors (Lipinski definition) is 5. The standard InChI is InChI=1S/C7H15NO4S/c1-7(9)12-4-6-13(10,11)5-2-3-8/h2-6,8H2,1H3. The van der Waals surface area contributed by atoms with Gasteiger partial charge in [0.2, 0.25) is 0 Å². The molecule has 0 heterocycles. The molecule has 0 fully saturated rings. The summed E-state index contributed by atoms with van der Waals surface area (Å²) in [6, 6.07) is 0. The minimum Gasteiger partial charge on any atom is -0.465 e. The molecule has 5 nitrogen and oxygen atoms in total. The molecule has 0 aliphatic rings. The molecular formula is C7H15NO4S. The van der Waals surface area contributed by atoms with Gasteiger partial charge in [-0.2, -0.15) is 0 Å². The zero-order valence-corrected chi connectivity index (χ0v) is 8.47. The number of carbonyl (C=O) groups excluding carboxylic acids is 1.